The first-order valence-electron chi connectivity index (χ1n) is 5.52. The monoisotopic (exact) mass is 238 g/mol. The standard InChI is InChI=1S/C12H18N2O3/c1-5-9(12(16)17)14(4)11(15)10-7-6-8(2)13(10)3/h6-7,9H,5H2,1-4H3,(H,16,17). The number of aromatic nitrogens is 1. The van der Waals surface area contributed by atoms with Crippen LogP contribution in [-0.4, -0.2) is 39.5 Å². The van der Waals surface area contributed by atoms with Gasteiger partial charge in [-0.15, -0.1) is 0 Å². The van der Waals surface area contributed by atoms with Gasteiger partial charge in [-0.2, -0.15) is 0 Å². The summed E-state index contributed by atoms with van der Waals surface area (Å²) in [6, 6.07) is 2.77. The Bertz CT molecular complexity index is 437. The van der Waals surface area contributed by atoms with Crippen LogP contribution < -0.4 is 0 Å². The van der Waals surface area contributed by atoms with Gasteiger partial charge in [0.05, 0.1) is 0 Å². The lowest BCUT2D eigenvalue weighted by Crippen LogP contribution is -2.42. The van der Waals surface area contributed by atoms with E-state index in [1.165, 1.54) is 11.9 Å². The minimum absolute atomic E-state index is 0.269. The van der Waals surface area contributed by atoms with Crippen molar-refractivity contribution in [1.82, 2.24) is 9.47 Å². The van der Waals surface area contributed by atoms with Crippen LogP contribution in [0.2, 0.25) is 0 Å². The second-order valence-electron chi connectivity index (χ2n) is 4.10. The lowest BCUT2D eigenvalue weighted by Gasteiger charge is -2.24. The minimum Gasteiger partial charge on any atom is -0.480 e. The summed E-state index contributed by atoms with van der Waals surface area (Å²) in [5.41, 5.74) is 1.47. The maximum absolute atomic E-state index is 12.1. The molecule has 5 nitrogen and oxygen atoms in total. The highest BCUT2D eigenvalue weighted by Gasteiger charge is 2.26. The highest BCUT2D eigenvalue weighted by molar-refractivity contribution is 5.95. The Labute approximate surface area is 101 Å². The zero-order chi connectivity index (χ0) is 13.2. The molecular weight excluding hydrogens is 220 g/mol. The van der Waals surface area contributed by atoms with Crippen LogP contribution in [0.5, 0.6) is 0 Å². The largest absolute Gasteiger partial charge is 0.480 e. The number of hydrogen-bond donors (Lipinski definition) is 1. The van der Waals surface area contributed by atoms with E-state index in [-0.39, 0.29) is 5.91 Å². The Morgan fingerprint density at radius 3 is 2.41 bits per heavy atom. The van der Waals surface area contributed by atoms with E-state index in [4.69, 9.17) is 5.11 Å². The summed E-state index contributed by atoms with van der Waals surface area (Å²) >= 11 is 0. The fraction of sp³-hybridized carbons (Fsp3) is 0.500. The van der Waals surface area contributed by atoms with Gasteiger partial charge in [-0.05, 0) is 25.5 Å². The van der Waals surface area contributed by atoms with Crippen molar-refractivity contribution in [3.05, 3.63) is 23.5 Å². The van der Waals surface area contributed by atoms with Gasteiger partial charge in [-0.1, -0.05) is 6.92 Å². The molecule has 17 heavy (non-hydrogen) atoms. The van der Waals surface area contributed by atoms with Gasteiger partial charge in [0.15, 0.2) is 0 Å². The number of rotatable bonds is 4. The number of carbonyl (C=O) groups excluding carboxylic acids is 1. The van der Waals surface area contributed by atoms with Gasteiger partial charge in [0, 0.05) is 19.8 Å². The molecule has 5 heteroatoms. The minimum atomic E-state index is -0.978. The number of aliphatic carboxylic acids is 1. The molecule has 0 spiro atoms. The normalized spacial score (nSPS) is 12.2. The summed E-state index contributed by atoms with van der Waals surface area (Å²) in [7, 11) is 3.31. The molecule has 1 amide bonds. The van der Waals surface area contributed by atoms with Gasteiger partial charge >= 0.3 is 5.97 Å². The third-order valence-electron chi connectivity index (χ3n) is 3.05. The summed E-state index contributed by atoms with van der Waals surface area (Å²) in [5.74, 6) is -1.25. The van der Waals surface area contributed by atoms with Gasteiger partial charge < -0.3 is 14.6 Å². The van der Waals surface area contributed by atoms with Gasteiger partial charge in [0.1, 0.15) is 11.7 Å². The fourth-order valence-corrected chi connectivity index (χ4v) is 1.76. The molecule has 0 radical (unpaired) electrons. The van der Waals surface area contributed by atoms with Gasteiger partial charge in [0.25, 0.3) is 5.91 Å². The highest BCUT2D eigenvalue weighted by Crippen LogP contribution is 2.12. The Kier molecular flexibility index (Phi) is 3.93. The number of carbonyl (C=O) groups is 2. The molecule has 1 rings (SSSR count). The van der Waals surface area contributed by atoms with Gasteiger partial charge in [-0.25, -0.2) is 4.79 Å². The molecule has 0 aliphatic carbocycles. The Balaban J connectivity index is 2.97. The van der Waals surface area contributed by atoms with Crippen LogP contribution in [0.1, 0.15) is 29.5 Å². The van der Waals surface area contributed by atoms with Crippen molar-refractivity contribution in [1.29, 1.82) is 0 Å². The number of aryl methyl sites for hydroxylation is 1. The van der Waals surface area contributed by atoms with Crippen LogP contribution in [0.25, 0.3) is 0 Å². The summed E-state index contributed by atoms with van der Waals surface area (Å²) in [5, 5.41) is 9.01. The van der Waals surface area contributed by atoms with E-state index in [2.05, 4.69) is 0 Å². The van der Waals surface area contributed by atoms with Crippen molar-refractivity contribution < 1.29 is 14.7 Å². The van der Waals surface area contributed by atoms with E-state index in [0.717, 1.165) is 5.69 Å². The predicted molar refractivity (Wildman–Crippen MR) is 64.0 cm³/mol. The lowest BCUT2D eigenvalue weighted by molar-refractivity contribution is -0.142. The van der Waals surface area contributed by atoms with Crippen LogP contribution in [-0.2, 0) is 11.8 Å². The Morgan fingerprint density at radius 2 is 2.06 bits per heavy atom. The van der Waals surface area contributed by atoms with Crippen LogP contribution in [0.3, 0.4) is 0 Å². The van der Waals surface area contributed by atoms with E-state index in [1.54, 1.807) is 24.6 Å². The first-order chi connectivity index (χ1) is 7.90. The molecule has 0 aromatic carbocycles. The highest BCUT2D eigenvalue weighted by atomic mass is 16.4. The van der Waals surface area contributed by atoms with E-state index in [1.807, 2.05) is 13.0 Å². The van der Waals surface area contributed by atoms with E-state index in [0.29, 0.717) is 12.1 Å². The predicted octanol–water partition coefficient (Wildman–Crippen LogP) is 1.27. The summed E-state index contributed by atoms with van der Waals surface area (Å²) in [6.45, 7) is 3.64. The number of likely N-dealkylation sites (N-methyl/N-ethyl adjacent to an activating group) is 1. The Hall–Kier alpha value is -1.78. The molecule has 1 aromatic heterocycles. The molecule has 1 unspecified atom stereocenters. The Morgan fingerprint density at radius 1 is 1.47 bits per heavy atom. The summed E-state index contributed by atoms with van der Waals surface area (Å²) in [4.78, 5) is 24.4. The van der Waals surface area contributed by atoms with Crippen molar-refractivity contribution in [3.8, 4) is 0 Å². The first-order valence-corrected chi connectivity index (χ1v) is 5.52. The second-order valence-corrected chi connectivity index (χ2v) is 4.10. The van der Waals surface area contributed by atoms with Crippen molar-refractivity contribution >= 4 is 11.9 Å². The van der Waals surface area contributed by atoms with Gasteiger partial charge in [-0.3, -0.25) is 4.79 Å². The lowest BCUT2D eigenvalue weighted by atomic mass is 10.2. The maximum atomic E-state index is 12.1. The molecule has 1 heterocycles. The molecule has 1 atom stereocenters. The molecule has 0 fully saturated rings. The van der Waals surface area contributed by atoms with E-state index < -0.39 is 12.0 Å². The van der Waals surface area contributed by atoms with E-state index >= 15 is 0 Å². The SMILES string of the molecule is CCC(C(=O)O)N(C)C(=O)c1ccc(C)n1C. The van der Waals surface area contributed by atoms with E-state index in [9.17, 15) is 9.59 Å². The van der Waals surface area contributed by atoms with Crippen LogP contribution in [0.4, 0.5) is 0 Å². The zero-order valence-corrected chi connectivity index (χ0v) is 10.6. The van der Waals surface area contributed by atoms with Crippen LogP contribution >= 0.6 is 0 Å². The van der Waals surface area contributed by atoms with Crippen molar-refractivity contribution in [2.24, 2.45) is 7.05 Å². The summed E-state index contributed by atoms with van der Waals surface area (Å²) in [6.07, 6.45) is 0.390. The average Bonchev–Trinajstić information content (AvgIpc) is 2.59. The van der Waals surface area contributed by atoms with Crippen molar-refractivity contribution in [3.63, 3.8) is 0 Å². The smallest absolute Gasteiger partial charge is 0.326 e. The molecule has 0 saturated carbocycles. The second kappa shape index (κ2) is 5.03. The number of carboxylic acids is 1. The first kappa shape index (κ1) is 13.3. The molecule has 1 N–H and O–H groups in total. The van der Waals surface area contributed by atoms with Crippen LogP contribution in [0.15, 0.2) is 12.1 Å². The third-order valence-corrected chi connectivity index (χ3v) is 3.05. The van der Waals surface area contributed by atoms with Crippen molar-refractivity contribution in [2.75, 3.05) is 7.05 Å². The third kappa shape index (κ3) is 2.49. The number of amides is 1. The maximum Gasteiger partial charge on any atom is 0.326 e. The quantitative estimate of drug-likeness (QED) is 0.859. The fourth-order valence-electron chi connectivity index (χ4n) is 1.76. The van der Waals surface area contributed by atoms with Gasteiger partial charge in [0.2, 0.25) is 0 Å². The number of hydrogen-bond acceptors (Lipinski definition) is 2. The molecule has 0 aliphatic rings. The van der Waals surface area contributed by atoms with Crippen molar-refractivity contribution in [2.45, 2.75) is 26.3 Å². The topological polar surface area (TPSA) is 62.5 Å². The number of nitrogens with zero attached hydrogens (tertiary/aromatic N) is 2. The molecule has 94 valence electrons. The molecule has 0 bridgehead atoms. The molecule has 0 saturated heterocycles. The summed E-state index contributed by atoms with van der Waals surface area (Å²) < 4.78 is 1.76. The molecule has 0 aliphatic heterocycles. The van der Waals surface area contributed by atoms with Crippen LogP contribution in [0, 0.1) is 6.92 Å². The average molecular weight is 238 g/mol. The number of carboxylic acid groups (broad SMARTS) is 1. The molecular formula is C12H18N2O3. The zero-order valence-electron chi connectivity index (χ0n) is 10.6. The molecule has 1 aromatic rings.